The van der Waals surface area contributed by atoms with Gasteiger partial charge in [0.05, 0.1) is 12.8 Å². The van der Waals surface area contributed by atoms with Gasteiger partial charge in [0.2, 0.25) is 0 Å². The Kier molecular flexibility index (Phi) is 2.86. The zero-order valence-electron chi connectivity index (χ0n) is 6.57. The minimum Gasteiger partial charge on any atom is -0.392 e. The van der Waals surface area contributed by atoms with Gasteiger partial charge in [-0.15, -0.1) is 0 Å². The lowest BCUT2D eigenvalue weighted by Gasteiger charge is -1.89. The van der Waals surface area contributed by atoms with Gasteiger partial charge in [-0.25, -0.2) is 0 Å². The van der Waals surface area contributed by atoms with E-state index < -0.39 is 0 Å². The van der Waals surface area contributed by atoms with E-state index in [1.54, 1.807) is 12.3 Å². The van der Waals surface area contributed by atoms with Gasteiger partial charge in [-0.1, -0.05) is 12.2 Å². The number of nitrogens with zero attached hydrogens (tertiary/aromatic N) is 2. The lowest BCUT2D eigenvalue weighted by molar-refractivity contribution is 0.343. The Bertz CT molecular complexity index is 240. The summed E-state index contributed by atoms with van der Waals surface area (Å²) in [5.41, 5.74) is 1.03. The molecule has 1 rings (SSSR count). The van der Waals surface area contributed by atoms with Crippen molar-refractivity contribution in [2.45, 2.75) is 13.5 Å². The molecule has 3 heteroatoms. The SMILES string of the molecule is CCn1cc(C=CCO)cn1. The lowest BCUT2D eigenvalue weighted by Crippen LogP contribution is -1.91. The fraction of sp³-hybridized carbons (Fsp3) is 0.375. The van der Waals surface area contributed by atoms with Crippen LogP contribution in [0.25, 0.3) is 6.08 Å². The summed E-state index contributed by atoms with van der Waals surface area (Å²) in [6.07, 6.45) is 7.25. The van der Waals surface area contributed by atoms with Gasteiger partial charge in [-0.2, -0.15) is 5.10 Å². The van der Waals surface area contributed by atoms with Crippen molar-refractivity contribution in [1.82, 2.24) is 9.78 Å². The van der Waals surface area contributed by atoms with Crippen LogP contribution in [0.4, 0.5) is 0 Å². The van der Waals surface area contributed by atoms with E-state index in [2.05, 4.69) is 5.10 Å². The van der Waals surface area contributed by atoms with E-state index in [9.17, 15) is 0 Å². The van der Waals surface area contributed by atoms with Gasteiger partial charge in [-0.05, 0) is 6.92 Å². The zero-order valence-corrected chi connectivity index (χ0v) is 6.57. The maximum absolute atomic E-state index is 8.48. The maximum atomic E-state index is 8.48. The molecule has 1 aromatic rings. The highest BCUT2D eigenvalue weighted by Crippen LogP contribution is 1.99. The Morgan fingerprint density at radius 2 is 2.55 bits per heavy atom. The Morgan fingerprint density at radius 1 is 1.73 bits per heavy atom. The summed E-state index contributed by atoms with van der Waals surface area (Å²) in [6, 6.07) is 0. The fourth-order valence-corrected chi connectivity index (χ4v) is 0.827. The predicted molar refractivity (Wildman–Crippen MR) is 44.0 cm³/mol. The van der Waals surface area contributed by atoms with E-state index in [4.69, 9.17) is 5.11 Å². The van der Waals surface area contributed by atoms with Crippen molar-refractivity contribution >= 4 is 6.08 Å². The Morgan fingerprint density at radius 3 is 3.09 bits per heavy atom. The summed E-state index contributed by atoms with van der Waals surface area (Å²) >= 11 is 0. The van der Waals surface area contributed by atoms with Crippen LogP contribution in [-0.4, -0.2) is 21.5 Å². The molecule has 0 saturated carbocycles. The van der Waals surface area contributed by atoms with Crippen molar-refractivity contribution in [1.29, 1.82) is 0 Å². The van der Waals surface area contributed by atoms with E-state index in [0.29, 0.717) is 0 Å². The van der Waals surface area contributed by atoms with Crippen molar-refractivity contribution in [3.63, 3.8) is 0 Å². The second-order valence-electron chi connectivity index (χ2n) is 2.21. The first-order chi connectivity index (χ1) is 5.36. The summed E-state index contributed by atoms with van der Waals surface area (Å²) in [7, 11) is 0. The zero-order chi connectivity index (χ0) is 8.10. The lowest BCUT2D eigenvalue weighted by atomic mass is 10.3. The molecule has 0 aliphatic heterocycles. The minimum absolute atomic E-state index is 0.0807. The third-order valence-electron chi connectivity index (χ3n) is 1.39. The molecular weight excluding hydrogens is 140 g/mol. The van der Waals surface area contributed by atoms with Crippen molar-refractivity contribution in [2.75, 3.05) is 6.61 Å². The Balaban J connectivity index is 2.65. The highest BCUT2D eigenvalue weighted by atomic mass is 16.2. The Labute approximate surface area is 66.0 Å². The van der Waals surface area contributed by atoms with E-state index in [1.807, 2.05) is 23.9 Å². The number of aliphatic hydroxyl groups is 1. The molecule has 0 bridgehead atoms. The van der Waals surface area contributed by atoms with Crippen LogP contribution in [0.1, 0.15) is 12.5 Å². The molecule has 0 spiro atoms. The van der Waals surface area contributed by atoms with Gasteiger partial charge in [-0.3, -0.25) is 4.68 Å². The van der Waals surface area contributed by atoms with E-state index >= 15 is 0 Å². The smallest absolute Gasteiger partial charge is 0.0615 e. The van der Waals surface area contributed by atoms with Crippen LogP contribution in [0, 0.1) is 0 Å². The first-order valence-electron chi connectivity index (χ1n) is 3.66. The number of aromatic nitrogens is 2. The highest BCUT2D eigenvalue weighted by Gasteiger charge is 1.90. The molecule has 0 saturated heterocycles. The van der Waals surface area contributed by atoms with Crippen molar-refractivity contribution in [3.05, 3.63) is 24.0 Å². The summed E-state index contributed by atoms with van der Waals surface area (Å²) in [6.45, 7) is 3.00. The largest absolute Gasteiger partial charge is 0.392 e. The van der Waals surface area contributed by atoms with Crippen LogP contribution in [-0.2, 0) is 6.54 Å². The van der Waals surface area contributed by atoms with Crippen LogP contribution >= 0.6 is 0 Å². The number of hydrogen-bond donors (Lipinski definition) is 1. The standard InChI is InChI=1S/C8H12N2O/c1-2-10-7-8(6-9-10)4-3-5-11/h3-4,6-7,11H,2,5H2,1H3. The molecule has 0 unspecified atom stereocenters. The summed E-state index contributed by atoms with van der Waals surface area (Å²) < 4.78 is 1.84. The fourth-order valence-electron chi connectivity index (χ4n) is 0.827. The first-order valence-corrected chi connectivity index (χ1v) is 3.66. The summed E-state index contributed by atoms with van der Waals surface area (Å²) in [4.78, 5) is 0. The van der Waals surface area contributed by atoms with E-state index in [0.717, 1.165) is 12.1 Å². The third-order valence-corrected chi connectivity index (χ3v) is 1.39. The van der Waals surface area contributed by atoms with Crippen LogP contribution in [0.5, 0.6) is 0 Å². The molecule has 1 aromatic heterocycles. The second kappa shape index (κ2) is 3.93. The van der Waals surface area contributed by atoms with Crippen LogP contribution in [0.3, 0.4) is 0 Å². The molecule has 0 amide bonds. The molecule has 0 aliphatic carbocycles. The molecule has 0 radical (unpaired) electrons. The van der Waals surface area contributed by atoms with Gasteiger partial charge in [0.15, 0.2) is 0 Å². The van der Waals surface area contributed by atoms with Crippen LogP contribution < -0.4 is 0 Å². The van der Waals surface area contributed by atoms with Gasteiger partial charge in [0.25, 0.3) is 0 Å². The molecular formula is C8H12N2O. The quantitative estimate of drug-likeness (QED) is 0.699. The number of hydrogen-bond acceptors (Lipinski definition) is 2. The predicted octanol–water partition coefficient (Wildman–Crippen LogP) is 0.908. The van der Waals surface area contributed by atoms with Gasteiger partial charge >= 0.3 is 0 Å². The topological polar surface area (TPSA) is 38.0 Å². The molecule has 11 heavy (non-hydrogen) atoms. The number of rotatable bonds is 3. The third kappa shape index (κ3) is 2.20. The molecule has 0 aliphatic rings. The summed E-state index contributed by atoms with van der Waals surface area (Å²) in [5.74, 6) is 0. The highest BCUT2D eigenvalue weighted by molar-refractivity contribution is 5.46. The van der Waals surface area contributed by atoms with E-state index in [-0.39, 0.29) is 6.61 Å². The van der Waals surface area contributed by atoms with Gasteiger partial charge in [0.1, 0.15) is 0 Å². The molecule has 1 heterocycles. The Hall–Kier alpha value is -1.09. The van der Waals surface area contributed by atoms with Gasteiger partial charge in [0, 0.05) is 18.3 Å². The van der Waals surface area contributed by atoms with Crippen molar-refractivity contribution in [3.8, 4) is 0 Å². The first kappa shape index (κ1) is 8.01. The molecule has 0 aromatic carbocycles. The molecule has 60 valence electrons. The minimum atomic E-state index is 0.0807. The molecule has 3 nitrogen and oxygen atoms in total. The van der Waals surface area contributed by atoms with E-state index in [1.165, 1.54) is 0 Å². The van der Waals surface area contributed by atoms with Crippen LogP contribution in [0.2, 0.25) is 0 Å². The molecule has 1 N–H and O–H groups in total. The van der Waals surface area contributed by atoms with Crippen LogP contribution in [0.15, 0.2) is 18.5 Å². The van der Waals surface area contributed by atoms with Gasteiger partial charge < -0.3 is 5.11 Å². The normalized spacial score (nSPS) is 11.1. The molecule has 0 fully saturated rings. The monoisotopic (exact) mass is 152 g/mol. The summed E-state index contributed by atoms with van der Waals surface area (Å²) in [5, 5.41) is 12.5. The number of aliphatic hydroxyl groups excluding tert-OH is 1. The maximum Gasteiger partial charge on any atom is 0.0615 e. The molecule has 0 atom stereocenters. The van der Waals surface area contributed by atoms with Crippen molar-refractivity contribution < 1.29 is 5.11 Å². The average molecular weight is 152 g/mol. The average Bonchev–Trinajstić information content (AvgIpc) is 2.48. The van der Waals surface area contributed by atoms with Crippen molar-refractivity contribution in [2.24, 2.45) is 0 Å². The number of aryl methyl sites for hydroxylation is 1. The second-order valence-corrected chi connectivity index (χ2v) is 2.21.